The molecule has 0 bridgehead atoms. The van der Waals surface area contributed by atoms with Crippen LogP contribution in [-0.4, -0.2) is 35.2 Å². The van der Waals surface area contributed by atoms with E-state index in [-0.39, 0.29) is 24.7 Å². The molecule has 2 unspecified atom stereocenters. The number of carbonyl (C=O) groups is 1. The first-order valence-electron chi connectivity index (χ1n) is 8.55. The lowest BCUT2D eigenvalue weighted by Gasteiger charge is -2.32. The first-order valence-corrected chi connectivity index (χ1v) is 8.93. The molecule has 2 atom stereocenters. The Balaban J connectivity index is 2.08. The number of carbonyl (C=O) groups excluding carboxylic acids is 1. The van der Waals surface area contributed by atoms with E-state index < -0.39 is 0 Å². The van der Waals surface area contributed by atoms with E-state index in [2.05, 4.69) is 5.32 Å². The van der Waals surface area contributed by atoms with E-state index in [9.17, 15) is 4.79 Å². The third-order valence-corrected chi connectivity index (χ3v) is 4.69. The van der Waals surface area contributed by atoms with Gasteiger partial charge in [0.05, 0.1) is 6.04 Å². The van der Waals surface area contributed by atoms with Crippen molar-refractivity contribution in [3.8, 4) is 0 Å². The van der Waals surface area contributed by atoms with Crippen molar-refractivity contribution in [2.45, 2.75) is 57.5 Å². The topological polar surface area (TPSA) is 52.6 Å². The van der Waals surface area contributed by atoms with Crippen LogP contribution in [0.1, 0.15) is 57.1 Å². The molecule has 0 spiro atoms. The highest BCUT2D eigenvalue weighted by molar-refractivity contribution is 6.30. The highest BCUT2D eigenvalue weighted by atomic mass is 35.5. The molecule has 1 saturated heterocycles. The van der Waals surface area contributed by atoms with Crippen molar-refractivity contribution < 1.29 is 9.90 Å². The quantitative estimate of drug-likeness (QED) is 0.848. The number of likely N-dealkylation sites (tertiary alicyclic amines) is 1. The van der Waals surface area contributed by atoms with Gasteiger partial charge in [0.15, 0.2) is 0 Å². The van der Waals surface area contributed by atoms with Crippen LogP contribution in [0, 0.1) is 0 Å². The summed E-state index contributed by atoms with van der Waals surface area (Å²) < 4.78 is 0. The third kappa shape index (κ3) is 5.40. The van der Waals surface area contributed by atoms with E-state index in [4.69, 9.17) is 16.7 Å². The highest BCUT2D eigenvalue weighted by Gasteiger charge is 2.27. The van der Waals surface area contributed by atoms with Crippen LogP contribution >= 0.6 is 11.6 Å². The zero-order chi connectivity index (χ0) is 16.7. The Morgan fingerprint density at radius 3 is 2.78 bits per heavy atom. The van der Waals surface area contributed by atoms with E-state index in [1.807, 2.05) is 36.1 Å². The van der Waals surface area contributed by atoms with Gasteiger partial charge in [-0.2, -0.15) is 0 Å². The van der Waals surface area contributed by atoms with Gasteiger partial charge in [-0.05, 0) is 50.3 Å². The van der Waals surface area contributed by atoms with Crippen LogP contribution in [0.15, 0.2) is 24.3 Å². The molecule has 1 aliphatic heterocycles. The maximum absolute atomic E-state index is 12.7. The summed E-state index contributed by atoms with van der Waals surface area (Å²) in [5.74, 6) is 0. The number of hydrogen-bond acceptors (Lipinski definition) is 2. The molecule has 0 aromatic heterocycles. The molecule has 0 aliphatic carbocycles. The van der Waals surface area contributed by atoms with Gasteiger partial charge in [-0.1, -0.05) is 36.6 Å². The molecular formula is C18H27ClN2O2. The van der Waals surface area contributed by atoms with Gasteiger partial charge in [-0.25, -0.2) is 4.79 Å². The zero-order valence-corrected chi connectivity index (χ0v) is 14.6. The zero-order valence-electron chi connectivity index (χ0n) is 13.8. The second-order valence-corrected chi connectivity index (χ2v) is 6.76. The van der Waals surface area contributed by atoms with Gasteiger partial charge < -0.3 is 15.3 Å². The van der Waals surface area contributed by atoms with Gasteiger partial charge in [0.2, 0.25) is 0 Å². The van der Waals surface area contributed by atoms with E-state index in [0.717, 1.165) is 49.2 Å². The van der Waals surface area contributed by atoms with E-state index in [1.165, 1.54) is 0 Å². The third-order valence-electron chi connectivity index (χ3n) is 4.43. The van der Waals surface area contributed by atoms with Crippen LogP contribution < -0.4 is 5.32 Å². The fourth-order valence-corrected chi connectivity index (χ4v) is 3.27. The first-order chi connectivity index (χ1) is 11.1. The molecule has 1 fully saturated rings. The molecule has 5 heteroatoms. The molecule has 23 heavy (non-hydrogen) atoms. The van der Waals surface area contributed by atoms with Crippen LogP contribution in [0.2, 0.25) is 5.02 Å². The van der Waals surface area contributed by atoms with E-state index >= 15 is 0 Å². The Hall–Kier alpha value is -1.26. The maximum atomic E-state index is 12.7. The number of amides is 2. The number of rotatable bonds is 5. The minimum Gasteiger partial charge on any atom is -0.396 e. The van der Waals surface area contributed by atoms with Crippen molar-refractivity contribution in [1.29, 1.82) is 0 Å². The SMILES string of the molecule is CC(CCCO)NC(=O)N1CCCCCC1c1ccc(Cl)cc1. The van der Waals surface area contributed by atoms with Crippen molar-refractivity contribution in [3.63, 3.8) is 0 Å². The summed E-state index contributed by atoms with van der Waals surface area (Å²) in [6.07, 6.45) is 5.83. The Morgan fingerprint density at radius 2 is 2.09 bits per heavy atom. The van der Waals surface area contributed by atoms with Gasteiger partial charge >= 0.3 is 6.03 Å². The Bertz CT molecular complexity index is 492. The molecule has 1 aliphatic rings. The van der Waals surface area contributed by atoms with Crippen LogP contribution in [0.5, 0.6) is 0 Å². The molecule has 4 nitrogen and oxygen atoms in total. The molecule has 128 valence electrons. The van der Waals surface area contributed by atoms with Crippen molar-refractivity contribution >= 4 is 17.6 Å². The number of urea groups is 1. The number of nitrogens with zero attached hydrogens (tertiary/aromatic N) is 1. The minimum atomic E-state index is -0.00251. The van der Waals surface area contributed by atoms with Crippen molar-refractivity contribution in [2.24, 2.45) is 0 Å². The van der Waals surface area contributed by atoms with E-state index in [0.29, 0.717) is 6.42 Å². The smallest absolute Gasteiger partial charge is 0.318 e. The maximum Gasteiger partial charge on any atom is 0.318 e. The average molecular weight is 339 g/mol. The highest BCUT2D eigenvalue weighted by Crippen LogP contribution is 2.30. The van der Waals surface area contributed by atoms with E-state index in [1.54, 1.807) is 0 Å². The number of halogens is 1. The van der Waals surface area contributed by atoms with Gasteiger partial charge in [0, 0.05) is 24.2 Å². The summed E-state index contributed by atoms with van der Waals surface area (Å²) in [6, 6.07) is 8.01. The summed E-state index contributed by atoms with van der Waals surface area (Å²) >= 11 is 5.99. The minimum absolute atomic E-state index is 0.00251. The Kier molecular flexibility index (Phi) is 7.18. The summed E-state index contributed by atoms with van der Waals surface area (Å²) in [5, 5.41) is 12.7. The van der Waals surface area contributed by atoms with Crippen LogP contribution in [0.4, 0.5) is 4.79 Å². The number of nitrogens with one attached hydrogen (secondary N) is 1. The normalized spacial score (nSPS) is 20.0. The average Bonchev–Trinajstić information content (AvgIpc) is 2.79. The van der Waals surface area contributed by atoms with Crippen molar-refractivity contribution in [2.75, 3.05) is 13.2 Å². The van der Waals surface area contributed by atoms with Crippen molar-refractivity contribution in [3.05, 3.63) is 34.9 Å². The summed E-state index contributed by atoms with van der Waals surface area (Å²) in [6.45, 7) is 2.94. The van der Waals surface area contributed by atoms with Gasteiger partial charge in [-0.15, -0.1) is 0 Å². The lowest BCUT2D eigenvalue weighted by molar-refractivity contribution is 0.171. The predicted octanol–water partition coefficient (Wildman–Crippen LogP) is 4.13. The number of hydrogen-bond donors (Lipinski definition) is 2. The van der Waals surface area contributed by atoms with Crippen LogP contribution in [0.25, 0.3) is 0 Å². The first kappa shape index (κ1) is 18.1. The molecule has 2 N–H and O–H groups in total. The predicted molar refractivity (Wildman–Crippen MR) is 93.7 cm³/mol. The second-order valence-electron chi connectivity index (χ2n) is 6.33. The standard InChI is InChI=1S/C18H27ClN2O2/c1-14(6-5-13-22)20-18(23)21-12-4-2-3-7-17(21)15-8-10-16(19)11-9-15/h8-11,14,17,22H,2-7,12-13H2,1H3,(H,20,23). The molecule has 2 rings (SSSR count). The van der Waals surface area contributed by atoms with Crippen LogP contribution in [-0.2, 0) is 0 Å². The van der Waals surface area contributed by atoms with Gasteiger partial charge in [-0.3, -0.25) is 0 Å². The molecule has 1 aromatic carbocycles. The number of aliphatic hydroxyl groups excluding tert-OH is 1. The lowest BCUT2D eigenvalue weighted by Crippen LogP contribution is -2.45. The second kappa shape index (κ2) is 9.14. The Morgan fingerprint density at radius 1 is 1.35 bits per heavy atom. The fraction of sp³-hybridized carbons (Fsp3) is 0.611. The van der Waals surface area contributed by atoms with Gasteiger partial charge in [0.25, 0.3) is 0 Å². The molecule has 0 saturated carbocycles. The van der Waals surface area contributed by atoms with Crippen LogP contribution in [0.3, 0.4) is 0 Å². The molecular weight excluding hydrogens is 312 g/mol. The number of aliphatic hydroxyl groups is 1. The summed E-state index contributed by atoms with van der Waals surface area (Å²) in [7, 11) is 0. The number of benzene rings is 1. The lowest BCUT2D eigenvalue weighted by atomic mass is 10.0. The molecule has 2 amide bonds. The Labute approximate surface area is 143 Å². The fourth-order valence-electron chi connectivity index (χ4n) is 3.15. The van der Waals surface area contributed by atoms with Gasteiger partial charge in [0.1, 0.15) is 0 Å². The molecule has 1 heterocycles. The monoisotopic (exact) mass is 338 g/mol. The summed E-state index contributed by atoms with van der Waals surface area (Å²) in [4.78, 5) is 14.7. The molecule has 0 radical (unpaired) electrons. The largest absolute Gasteiger partial charge is 0.396 e. The van der Waals surface area contributed by atoms with Crippen molar-refractivity contribution in [1.82, 2.24) is 10.2 Å². The summed E-state index contributed by atoms with van der Waals surface area (Å²) in [5.41, 5.74) is 1.15. The molecule has 1 aromatic rings.